The number of benzene rings is 2. The van der Waals surface area contributed by atoms with E-state index in [0.717, 1.165) is 5.56 Å². The molecule has 0 aliphatic heterocycles. The van der Waals surface area contributed by atoms with Crippen LogP contribution in [0, 0.1) is 0 Å². The first-order valence-corrected chi connectivity index (χ1v) is 6.98. The Kier molecular flexibility index (Phi) is 5.14. The molecule has 0 spiro atoms. The molecule has 2 rings (SSSR count). The molecule has 2 aromatic carbocycles. The third-order valence-corrected chi connectivity index (χ3v) is 3.20. The van der Waals surface area contributed by atoms with Crippen LogP contribution >= 0.6 is 0 Å². The van der Waals surface area contributed by atoms with Gasteiger partial charge in [-0.2, -0.15) is 0 Å². The third-order valence-electron chi connectivity index (χ3n) is 3.20. The number of para-hydroxylation sites is 1. The van der Waals surface area contributed by atoms with E-state index in [1.54, 1.807) is 19.1 Å². The molecule has 22 heavy (non-hydrogen) atoms. The number of carbonyl (C=O) groups excluding carboxylic acids is 2. The number of amides is 2. The predicted octanol–water partition coefficient (Wildman–Crippen LogP) is 1.83. The van der Waals surface area contributed by atoms with Crippen LogP contribution in [0.25, 0.3) is 0 Å². The molecule has 5 nitrogen and oxygen atoms in total. The van der Waals surface area contributed by atoms with Crippen molar-refractivity contribution >= 4 is 11.8 Å². The van der Waals surface area contributed by atoms with Crippen LogP contribution in [-0.4, -0.2) is 23.0 Å². The van der Waals surface area contributed by atoms with Gasteiger partial charge in [0.2, 0.25) is 5.91 Å². The van der Waals surface area contributed by atoms with Crippen LogP contribution in [0.2, 0.25) is 0 Å². The molecule has 0 radical (unpaired) electrons. The fourth-order valence-corrected chi connectivity index (χ4v) is 1.94. The lowest BCUT2D eigenvalue weighted by Crippen LogP contribution is -2.44. The van der Waals surface area contributed by atoms with Gasteiger partial charge in [0.05, 0.1) is 5.56 Å². The van der Waals surface area contributed by atoms with Gasteiger partial charge in [-0.3, -0.25) is 9.59 Å². The van der Waals surface area contributed by atoms with Crippen LogP contribution in [0.3, 0.4) is 0 Å². The second kappa shape index (κ2) is 7.26. The Morgan fingerprint density at radius 1 is 1.05 bits per heavy atom. The van der Waals surface area contributed by atoms with Gasteiger partial charge in [0.15, 0.2) is 0 Å². The average molecular weight is 298 g/mol. The Bertz CT molecular complexity index is 656. The van der Waals surface area contributed by atoms with Crippen molar-refractivity contribution in [3.63, 3.8) is 0 Å². The van der Waals surface area contributed by atoms with Gasteiger partial charge >= 0.3 is 0 Å². The van der Waals surface area contributed by atoms with E-state index in [1.165, 1.54) is 12.1 Å². The molecule has 0 aliphatic rings. The molecule has 0 saturated carbocycles. The maximum atomic E-state index is 12.0. The molecule has 0 aliphatic carbocycles. The first kappa shape index (κ1) is 15.6. The van der Waals surface area contributed by atoms with E-state index in [0.29, 0.717) is 6.54 Å². The summed E-state index contributed by atoms with van der Waals surface area (Å²) in [5.74, 6) is -0.884. The Hall–Kier alpha value is -2.82. The average Bonchev–Trinajstić information content (AvgIpc) is 2.53. The molecular weight excluding hydrogens is 280 g/mol. The van der Waals surface area contributed by atoms with E-state index in [2.05, 4.69) is 10.6 Å². The van der Waals surface area contributed by atoms with Crippen LogP contribution in [0.4, 0.5) is 0 Å². The summed E-state index contributed by atoms with van der Waals surface area (Å²) in [6.45, 7) is 1.99. The normalized spacial score (nSPS) is 11.5. The molecule has 0 saturated heterocycles. The van der Waals surface area contributed by atoms with Crippen molar-refractivity contribution in [1.29, 1.82) is 0 Å². The summed E-state index contributed by atoms with van der Waals surface area (Å²) in [6, 6.07) is 15.0. The van der Waals surface area contributed by atoms with Crippen molar-refractivity contribution in [2.24, 2.45) is 0 Å². The van der Waals surface area contributed by atoms with Crippen LogP contribution < -0.4 is 10.6 Å². The highest BCUT2D eigenvalue weighted by atomic mass is 16.3. The fraction of sp³-hybridized carbons (Fsp3) is 0.176. The zero-order chi connectivity index (χ0) is 15.9. The summed E-state index contributed by atoms with van der Waals surface area (Å²) in [5.41, 5.74) is 1.13. The van der Waals surface area contributed by atoms with E-state index in [-0.39, 0.29) is 17.2 Å². The van der Waals surface area contributed by atoms with Gasteiger partial charge in [0.25, 0.3) is 5.91 Å². The monoisotopic (exact) mass is 298 g/mol. The lowest BCUT2D eigenvalue weighted by atomic mass is 10.1. The number of hydrogen-bond donors (Lipinski definition) is 3. The fourth-order valence-electron chi connectivity index (χ4n) is 1.94. The van der Waals surface area contributed by atoms with Crippen molar-refractivity contribution in [3.8, 4) is 5.75 Å². The molecule has 0 aromatic heterocycles. The number of phenolic OH excluding ortho intramolecular Hbond substituents is 1. The van der Waals surface area contributed by atoms with E-state index < -0.39 is 11.9 Å². The van der Waals surface area contributed by atoms with Crippen molar-refractivity contribution in [3.05, 3.63) is 65.7 Å². The first-order valence-electron chi connectivity index (χ1n) is 6.98. The lowest BCUT2D eigenvalue weighted by Gasteiger charge is -2.14. The third kappa shape index (κ3) is 4.09. The smallest absolute Gasteiger partial charge is 0.255 e. The molecule has 2 amide bonds. The molecule has 1 unspecified atom stereocenters. The highest BCUT2D eigenvalue weighted by Gasteiger charge is 2.18. The molecule has 5 heteroatoms. The predicted molar refractivity (Wildman–Crippen MR) is 83.3 cm³/mol. The van der Waals surface area contributed by atoms with E-state index in [9.17, 15) is 14.7 Å². The second-order valence-electron chi connectivity index (χ2n) is 4.92. The number of phenols is 1. The molecule has 2 aromatic rings. The molecule has 0 fully saturated rings. The summed E-state index contributed by atoms with van der Waals surface area (Å²) in [4.78, 5) is 24.0. The minimum atomic E-state index is -0.698. The van der Waals surface area contributed by atoms with E-state index >= 15 is 0 Å². The first-order chi connectivity index (χ1) is 10.6. The quantitative estimate of drug-likeness (QED) is 0.788. The van der Waals surface area contributed by atoms with Gasteiger partial charge in [-0.15, -0.1) is 0 Å². The Labute approximate surface area is 129 Å². The summed E-state index contributed by atoms with van der Waals surface area (Å²) in [5, 5.41) is 14.9. The Balaban J connectivity index is 1.89. The Morgan fingerprint density at radius 3 is 2.36 bits per heavy atom. The number of hydrogen-bond acceptors (Lipinski definition) is 3. The largest absolute Gasteiger partial charge is 0.507 e. The highest BCUT2D eigenvalue weighted by molar-refractivity contribution is 5.99. The second-order valence-corrected chi connectivity index (χ2v) is 4.92. The summed E-state index contributed by atoms with van der Waals surface area (Å²) < 4.78 is 0. The zero-order valence-electron chi connectivity index (χ0n) is 12.2. The van der Waals surface area contributed by atoms with Crippen LogP contribution in [0.1, 0.15) is 22.8 Å². The standard InChI is InChI=1S/C17H18N2O3/c1-12(16(21)18-11-13-7-3-2-4-8-13)19-17(22)14-9-5-6-10-15(14)20/h2-10,12,20H,11H2,1H3,(H,18,21)(H,19,22). The molecule has 3 N–H and O–H groups in total. The van der Waals surface area contributed by atoms with Crippen molar-refractivity contribution in [2.75, 3.05) is 0 Å². The summed E-state index contributed by atoms with van der Waals surface area (Å²) >= 11 is 0. The van der Waals surface area contributed by atoms with Crippen molar-refractivity contribution in [2.45, 2.75) is 19.5 Å². The molecule has 0 heterocycles. The summed E-state index contributed by atoms with van der Waals surface area (Å²) in [6.07, 6.45) is 0. The number of carbonyl (C=O) groups is 2. The Morgan fingerprint density at radius 2 is 1.68 bits per heavy atom. The van der Waals surface area contributed by atoms with Gasteiger partial charge in [-0.25, -0.2) is 0 Å². The minimum absolute atomic E-state index is 0.114. The number of aromatic hydroxyl groups is 1. The van der Waals surface area contributed by atoms with Crippen LogP contribution in [0.5, 0.6) is 5.75 Å². The minimum Gasteiger partial charge on any atom is -0.507 e. The van der Waals surface area contributed by atoms with Crippen molar-refractivity contribution in [1.82, 2.24) is 10.6 Å². The van der Waals surface area contributed by atoms with E-state index in [4.69, 9.17) is 0 Å². The number of rotatable bonds is 5. The van der Waals surface area contributed by atoms with Gasteiger partial charge in [-0.1, -0.05) is 42.5 Å². The highest BCUT2D eigenvalue weighted by Crippen LogP contribution is 2.15. The van der Waals surface area contributed by atoms with Gasteiger partial charge in [0.1, 0.15) is 11.8 Å². The maximum Gasteiger partial charge on any atom is 0.255 e. The van der Waals surface area contributed by atoms with Gasteiger partial charge in [-0.05, 0) is 24.6 Å². The van der Waals surface area contributed by atoms with Gasteiger partial charge in [0, 0.05) is 6.54 Å². The maximum absolute atomic E-state index is 12.0. The molecular formula is C17H18N2O3. The summed E-state index contributed by atoms with van der Waals surface area (Å²) in [7, 11) is 0. The van der Waals surface area contributed by atoms with Gasteiger partial charge < -0.3 is 15.7 Å². The molecule has 114 valence electrons. The molecule has 0 bridgehead atoms. The number of nitrogens with one attached hydrogen (secondary N) is 2. The topological polar surface area (TPSA) is 78.4 Å². The lowest BCUT2D eigenvalue weighted by molar-refractivity contribution is -0.122. The zero-order valence-corrected chi connectivity index (χ0v) is 12.2. The SMILES string of the molecule is CC(NC(=O)c1ccccc1O)C(=O)NCc1ccccc1. The van der Waals surface area contributed by atoms with E-state index in [1.807, 2.05) is 30.3 Å². The van der Waals surface area contributed by atoms with Crippen LogP contribution in [-0.2, 0) is 11.3 Å². The van der Waals surface area contributed by atoms with Crippen LogP contribution in [0.15, 0.2) is 54.6 Å². The molecule has 1 atom stereocenters. The van der Waals surface area contributed by atoms with Crippen molar-refractivity contribution < 1.29 is 14.7 Å².